The van der Waals surface area contributed by atoms with E-state index in [-0.39, 0.29) is 0 Å². The van der Waals surface area contributed by atoms with Crippen LogP contribution in [0.25, 0.3) is 6.08 Å². The van der Waals surface area contributed by atoms with Gasteiger partial charge in [-0.3, -0.25) is 9.59 Å². The number of methoxy groups -OCH3 is 1. The fourth-order valence-electron chi connectivity index (χ4n) is 2.80. The topological polar surface area (TPSA) is 68.2 Å². The molecule has 2 aromatic carbocycles. The highest BCUT2D eigenvalue weighted by molar-refractivity contribution is 6.30. The quantitative estimate of drug-likeness (QED) is 0.564. The second kappa shape index (κ2) is 8.52. The lowest BCUT2D eigenvalue weighted by molar-refractivity contribution is -0.123. The van der Waals surface area contributed by atoms with E-state index in [1.807, 2.05) is 19.1 Å². The number of amides is 2. The van der Waals surface area contributed by atoms with Crippen molar-refractivity contribution in [3.8, 4) is 11.5 Å². The number of nitrogens with zero attached hydrogens (tertiary/aromatic N) is 2. The molecular weight excluding hydrogens is 356 g/mol. The smallest absolute Gasteiger partial charge is 0.283 e. The minimum absolute atomic E-state index is 0.369. The first-order valence-corrected chi connectivity index (χ1v) is 9.07. The lowest BCUT2D eigenvalue weighted by atomic mass is 10.1. The van der Waals surface area contributed by atoms with Crippen molar-refractivity contribution < 1.29 is 19.1 Å². The van der Waals surface area contributed by atoms with Gasteiger partial charge in [0.2, 0.25) is 0 Å². The molecule has 0 aromatic heterocycles. The van der Waals surface area contributed by atoms with Gasteiger partial charge in [-0.25, -0.2) is 0 Å². The normalized spacial score (nSPS) is 15.0. The number of carbonyl (C=O) groups is 2. The fourth-order valence-corrected chi connectivity index (χ4v) is 2.80. The Morgan fingerprint density at radius 1 is 1.14 bits per heavy atom. The lowest BCUT2D eigenvalue weighted by Gasteiger charge is -2.11. The van der Waals surface area contributed by atoms with Gasteiger partial charge < -0.3 is 9.47 Å². The molecule has 0 bridgehead atoms. The van der Waals surface area contributed by atoms with Gasteiger partial charge in [-0.1, -0.05) is 31.2 Å². The Kier molecular flexibility index (Phi) is 5.89. The zero-order chi connectivity index (χ0) is 20.1. The van der Waals surface area contributed by atoms with Crippen LogP contribution in [0.5, 0.6) is 11.5 Å². The van der Waals surface area contributed by atoms with E-state index in [1.165, 1.54) is 0 Å². The molecule has 144 valence electrons. The zero-order valence-corrected chi connectivity index (χ0v) is 16.1. The molecule has 0 aliphatic carbocycles. The van der Waals surface area contributed by atoms with Crippen molar-refractivity contribution in [2.75, 3.05) is 13.7 Å². The van der Waals surface area contributed by atoms with Crippen LogP contribution in [0.3, 0.4) is 0 Å². The third kappa shape index (κ3) is 3.96. The molecule has 28 heavy (non-hydrogen) atoms. The summed E-state index contributed by atoms with van der Waals surface area (Å²) < 4.78 is 11.0. The average molecular weight is 378 g/mol. The number of imide groups is 1. The first-order valence-electron chi connectivity index (χ1n) is 9.07. The number of hydrazone groups is 1. The van der Waals surface area contributed by atoms with Crippen LogP contribution >= 0.6 is 0 Å². The van der Waals surface area contributed by atoms with Crippen LogP contribution < -0.4 is 9.47 Å². The zero-order valence-electron chi connectivity index (χ0n) is 16.1. The SMILES string of the molecule is CCCOc1ccc(/C=C2/C(=O)N(C(=O)c3ccccc3)N=C2C)cc1OC. The molecular formula is C22H22N2O4. The summed E-state index contributed by atoms with van der Waals surface area (Å²) >= 11 is 0. The van der Waals surface area contributed by atoms with Gasteiger partial charge in [0, 0.05) is 5.56 Å². The van der Waals surface area contributed by atoms with Gasteiger partial charge in [0.25, 0.3) is 11.8 Å². The van der Waals surface area contributed by atoms with Crippen LogP contribution in [0.1, 0.15) is 36.2 Å². The van der Waals surface area contributed by atoms with Crippen molar-refractivity contribution in [1.29, 1.82) is 0 Å². The number of hydrogen-bond acceptors (Lipinski definition) is 5. The Labute approximate surface area is 164 Å². The number of ether oxygens (including phenoxy) is 2. The monoisotopic (exact) mass is 378 g/mol. The van der Waals surface area contributed by atoms with Gasteiger partial charge >= 0.3 is 0 Å². The molecule has 0 N–H and O–H groups in total. The van der Waals surface area contributed by atoms with Gasteiger partial charge in [0.15, 0.2) is 11.5 Å². The van der Waals surface area contributed by atoms with Crippen molar-refractivity contribution >= 4 is 23.6 Å². The summed E-state index contributed by atoms with van der Waals surface area (Å²) in [6.07, 6.45) is 2.59. The van der Waals surface area contributed by atoms with Crippen LogP contribution in [-0.4, -0.2) is 36.3 Å². The average Bonchev–Trinajstić information content (AvgIpc) is 3.01. The third-order valence-corrected chi connectivity index (χ3v) is 4.24. The van der Waals surface area contributed by atoms with E-state index in [4.69, 9.17) is 9.47 Å². The fraction of sp³-hybridized carbons (Fsp3) is 0.227. The molecule has 1 heterocycles. The van der Waals surface area contributed by atoms with E-state index < -0.39 is 11.8 Å². The molecule has 2 amide bonds. The Bertz CT molecular complexity index is 948. The first kappa shape index (κ1) is 19.4. The second-order valence-electron chi connectivity index (χ2n) is 6.29. The van der Waals surface area contributed by atoms with Gasteiger partial charge in [-0.15, -0.1) is 0 Å². The highest BCUT2D eigenvalue weighted by Crippen LogP contribution is 2.30. The standard InChI is InChI=1S/C22H22N2O4/c1-4-12-28-19-11-10-16(14-20(19)27-3)13-18-15(2)23-24(22(18)26)21(25)17-8-6-5-7-9-17/h5-11,13-14H,4,12H2,1-3H3/b18-13+. The Morgan fingerprint density at radius 3 is 2.57 bits per heavy atom. The molecule has 0 atom stereocenters. The summed E-state index contributed by atoms with van der Waals surface area (Å²) in [6, 6.07) is 14.0. The van der Waals surface area contributed by atoms with E-state index >= 15 is 0 Å². The van der Waals surface area contributed by atoms with Gasteiger partial charge in [0.05, 0.1) is 25.0 Å². The summed E-state index contributed by atoms with van der Waals surface area (Å²) in [7, 11) is 1.57. The molecule has 1 aliphatic rings. The molecule has 0 fully saturated rings. The van der Waals surface area contributed by atoms with Crippen LogP contribution in [0.15, 0.2) is 59.2 Å². The van der Waals surface area contributed by atoms with E-state index in [0.717, 1.165) is 17.0 Å². The van der Waals surface area contributed by atoms with Crippen molar-refractivity contribution in [2.24, 2.45) is 5.10 Å². The molecule has 0 spiro atoms. The predicted molar refractivity (Wildman–Crippen MR) is 107 cm³/mol. The number of benzene rings is 2. The molecule has 6 nitrogen and oxygen atoms in total. The maximum atomic E-state index is 12.8. The minimum atomic E-state index is -0.450. The van der Waals surface area contributed by atoms with Crippen LogP contribution in [-0.2, 0) is 4.79 Å². The first-order chi connectivity index (χ1) is 13.5. The molecule has 6 heteroatoms. The summed E-state index contributed by atoms with van der Waals surface area (Å²) in [5.74, 6) is 0.335. The molecule has 0 unspecified atom stereocenters. The van der Waals surface area contributed by atoms with Crippen molar-refractivity contribution in [1.82, 2.24) is 5.01 Å². The Balaban J connectivity index is 1.86. The molecule has 0 saturated carbocycles. The summed E-state index contributed by atoms with van der Waals surface area (Å²) in [5, 5.41) is 5.06. The van der Waals surface area contributed by atoms with Crippen LogP contribution in [0.2, 0.25) is 0 Å². The second-order valence-corrected chi connectivity index (χ2v) is 6.29. The maximum absolute atomic E-state index is 12.8. The largest absolute Gasteiger partial charge is 0.493 e. The van der Waals surface area contributed by atoms with Crippen LogP contribution in [0.4, 0.5) is 0 Å². The molecule has 3 rings (SSSR count). The Hall–Kier alpha value is -3.41. The number of rotatable bonds is 6. The van der Waals surface area contributed by atoms with Crippen LogP contribution in [0, 0.1) is 0 Å². The maximum Gasteiger partial charge on any atom is 0.283 e. The number of carbonyl (C=O) groups excluding carboxylic acids is 2. The molecule has 0 radical (unpaired) electrons. The van der Waals surface area contributed by atoms with E-state index in [2.05, 4.69) is 5.10 Å². The third-order valence-electron chi connectivity index (χ3n) is 4.24. The summed E-state index contributed by atoms with van der Waals surface area (Å²) in [4.78, 5) is 25.3. The van der Waals surface area contributed by atoms with Gasteiger partial charge in [0.1, 0.15) is 0 Å². The lowest BCUT2D eigenvalue weighted by Crippen LogP contribution is -2.29. The highest BCUT2D eigenvalue weighted by Gasteiger charge is 2.32. The molecule has 2 aromatic rings. The molecule has 1 aliphatic heterocycles. The summed E-state index contributed by atoms with van der Waals surface area (Å²) in [5.41, 5.74) is 2.02. The summed E-state index contributed by atoms with van der Waals surface area (Å²) in [6.45, 7) is 4.33. The van der Waals surface area contributed by atoms with Gasteiger partial charge in [-0.2, -0.15) is 10.1 Å². The van der Waals surface area contributed by atoms with Crippen molar-refractivity contribution in [3.63, 3.8) is 0 Å². The Morgan fingerprint density at radius 2 is 1.89 bits per heavy atom. The van der Waals surface area contributed by atoms with E-state index in [0.29, 0.717) is 35.0 Å². The molecule has 0 saturated heterocycles. The predicted octanol–water partition coefficient (Wildman–Crippen LogP) is 3.93. The van der Waals surface area contributed by atoms with E-state index in [1.54, 1.807) is 56.5 Å². The van der Waals surface area contributed by atoms with Gasteiger partial charge in [-0.05, 0) is 49.2 Å². The van der Waals surface area contributed by atoms with E-state index in [9.17, 15) is 9.59 Å². The minimum Gasteiger partial charge on any atom is -0.493 e. The highest BCUT2D eigenvalue weighted by atomic mass is 16.5. The van der Waals surface area contributed by atoms with Crippen molar-refractivity contribution in [2.45, 2.75) is 20.3 Å². The van der Waals surface area contributed by atoms with Crippen molar-refractivity contribution in [3.05, 3.63) is 65.2 Å². The number of hydrogen-bond donors (Lipinski definition) is 0.